The van der Waals surface area contributed by atoms with Gasteiger partial charge in [-0.2, -0.15) is 8.42 Å². The molecule has 0 aliphatic carbocycles. The van der Waals surface area contributed by atoms with Crippen molar-refractivity contribution in [2.45, 2.75) is 36.4 Å². The Morgan fingerprint density at radius 1 is 1.17 bits per heavy atom. The highest BCUT2D eigenvalue weighted by Crippen LogP contribution is 2.46. The number of aromatic nitrogens is 4. The monoisotopic (exact) mass is 431 g/mol. The van der Waals surface area contributed by atoms with Gasteiger partial charge < -0.3 is 14.8 Å². The second-order valence-electron chi connectivity index (χ2n) is 6.99. The molecule has 4 atom stereocenters. The lowest BCUT2D eigenvalue weighted by atomic mass is 10.2. The highest BCUT2D eigenvalue weighted by Gasteiger charge is 2.59. The summed E-state index contributed by atoms with van der Waals surface area (Å²) in [7, 11) is -3.90. The van der Waals surface area contributed by atoms with E-state index in [1.165, 1.54) is 24.8 Å². The molecule has 12 heteroatoms. The quantitative estimate of drug-likeness (QED) is 0.326. The maximum absolute atomic E-state index is 12.4. The third-order valence-corrected chi connectivity index (χ3v) is 6.34. The van der Waals surface area contributed by atoms with Gasteiger partial charge in [0.05, 0.1) is 17.8 Å². The van der Waals surface area contributed by atoms with Crippen LogP contribution < -0.4 is 5.32 Å². The summed E-state index contributed by atoms with van der Waals surface area (Å²) in [4.78, 5) is 23.3. The summed E-state index contributed by atoms with van der Waals surface area (Å²) in [5, 5.41) is 2.47. The molecule has 0 saturated carbocycles. The standard InChI is InChI=1S/C18H17N5O6S/c1-10-2-4-11(5-3-10)30(25,26)27-6-12-14-15(29-14)18(28-12)23-8-21-13-16(22-9-24)19-7-20-17(13)23/h2-5,7-9,12,14-15,18H,6H2,1H3,(H,19,20,22,24)/t12-,14-,15+,18+/m0/s1. The van der Waals surface area contributed by atoms with Crippen LogP contribution in [0, 0.1) is 6.92 Å². The van der Waals surface area contributed by atoms with Crippen molar-refractivity contribution in [2.24, 2.45) is 0 Å². The van der Waals surface area contributed by atoms with Gasteiger partial charge in [0.15, 0.2) is 23.2 Å². The van der Waals surface area contributed by atoms with Crippen LogP contribution in [0.15, 0.2) is 41.8 Å². The van der Waals surface area contributed by atoms with E-state index in [4.69, 9.17) is 13.7 Å². The number of hydrogen-bond donors (Lipinski definition) is 1. The summed E-state index contributed by atoms with van der Waals surface area (Å²) >= 11 is 0. The number of carbonyl (C=O) groups is 1. The second-order valence-corrected chi connectivity index (χ2v) is 8.61. The molecule has 4 heterocycles. The number of aryl methyl sites for hydroxylation is 1. The Kier molecular flexibility index (Phi) is 4.50. The predicted molar refractivity (Wildman–Crippen MR) is 102 cm³/mol. The molecule has 0 unspecified atom stereocenters. The molecule has 1 N–H and O–H groups in total. The number of epoxide rings is 1. The number of nitrogens with one attached hydrogen (secondary N) is 1. The average molecular weight is 431 g/mol. The minimum atomic E-state index is -3.90. The van der Waals surface area contributed by atoms with Gasteiger partial charge >= 0.3 is 0 Å². The van der Waals surface area contributed by atoms with Crippen LogP contribution in [-0.2, 0) is 28.6 Å². The van der Waals surface area contributed by atoms with Gasteiger partial charge in [0.25, 0.3) is 10.1 Å². The Morgan fingerprint density at radius 2 is 1.97 bits per heavy atom. The molecule has 30 heavy (non-hydrogen) atoms. The zero-order valence-corrected chi connectivity index (χ0v) is 16.5. The first-order valence-corrected chi connectivity index (χ1v) is 10.5. The van der Waals surface area contributed by atoms with Crippen LogP contribution in [0.4, 0.5) is 5.82 Å². The Bertz CT molecular complexity index is 1210. The smallest absolute Gasteiger partial charge is 0.297 e. The molecule has 156 valence electrons. The molecule has 0 bridgehead atoms. The van der Waals surface area contributed by atoms with Crippen molar-refractivity contribution in [3.63, 3.8) is 0 Å². The van der Waals surface area contributed by atoms with Gasteiger partial charge in [-0.25, -0.2) is 15.0 Å². The lowest BCUT2D eigenvalue weighted by molar-refractivity contribution is -0.105. The van der Waals surface area contributed by atoms with Crippen LogP contribution >= 0.6 is 0 Å². The summed E-state index contributed by atoms with van der Waals surface area (Å²) in [5.41, 5.74) is 1.82. The number of hydrogen-bond acceptors (Lipinski definition) is 9. The Hall–Kier alpha value is -2.93. The van der Waals surface area contributed by atoms with Gasteiger partial charge in [-0.1, -0.05) is 17.7 Å². The number of benzene rings is 1. The first kappa shape index (κ1) is 19.1. The normalized spacial score (nSPS) is 25.2. The minimum absolute atomic E-state index is 0.0865. The number of imidazole rings is 1. The summed E-state index contributed by atoms with van der Waals surface area (Å²) in [6.45, 7) is 1.70. The third-order valence-electron chi connectivity index (χ3n) is 5.05. The van der Waals surface area contributed by atoms with E-state index in [0.29, 0.717) is 17.6 Å². The number of nitrogens with zero attached hydrogens (tertiary/aromatic N) is 4. The molecule has 5 rings (SSSR count). The highest BCUT2D eigenvalue weighted by atomic mass is 32.2. The van der Waals surface area contributed by atoms with Crippen LogP contribution in [0.5, 0.6) is 0 Å². The van der Waals surface area contributed by atoms with Crippen molar-refractivity contribution < 1.29 is 26.9 Å². The molecule has 2 aliphatic rings. The van der Waals surface area contributed by atoms with Crippen molar-refractivity contribution in [2.75, 3.05) is 11.9 Å². The Morgan fingerprint density at radius 3 is 2.73 bits per heavy atom. The molecular weight excluding hydrogens is 414 g/mol. The maximum Gasteiger partial charge on any atom is 0.297 e. The molecular formula is C18H17N5O6S. The summed E-state index contributed by atoms with van der Waals surface area (Å²) in [5.74, 6) is 0.282. The molecule has 0 spiro atoms. The molecule has 2 fully saturated rings. The van der Waals surface area contributed by atoms with E-state index in [9.17, 15) is 13.2 Å². The van der Waals surface area contributed by atoms with Gasteiger partial charge in [0.1, 0.15) is 24.6 Å². The minimum Gasteiger partial charge on any atom is -0.362 e. The first-order valence-electron chi connectivity index (χ1n) is 9.13. The average Bonchev–Trinajstić information content (AvgIpc) is 3.26. The number of anilines is 1. The van der Waals surface area contributed by atoms with Crippen molar-refractivity contribution in [3.8, 4) is 0 Å². The fourth-order valence-electron chi connectivity index (χ4n) is 3.49. The maximum atomic E-state index is 12.4. The number of amides is 1. The topological polar surface area (TPSA) is 138 Å². The SMILES string of the molecule is Cc1ccc(S(=O)(=O)OC[C@@H]2O[C@@H](n3cnc4c(NC=O)ncnc43)[C@@H]3O[C@H]32)cc1. The molecule has 3 aromatic rings. The van der Waals surface area contributed by atoms with Gasteiger partial charge in [0.2, 0.25) is 6.41 Å². The van der Waals surface area contributed by atoms with Crippen LogP contribution in [-0.4, -0.2) is 59.3 Å². The van der Waals surface area contributed by atoms with Crippen LogP contribution in [0.25, 0.3) is 11.2 Å². The molecule has 2 aliphatic heterocycles. The summed E-state index contributed by atoms with van der Waals surface area (Å²) in [6, 6.07) is 6.42. The Labute approximate surface area is 171 Å². The molecule has 2 aromatic heterocycles. The van der Waals surface area contributed by atoms with Crippen molar-refractivity contribution in [1.29, 1.82) is 0 Å². The van der Waals surface area contributed by atoms with E-state index in [1.54, 1.807) is 16.7 Å². The van der Waals surface area contributed by atoms with Gasteiger partial charge in [-0.05, 0) is 19.1 Å². The largest absolute Gasteiger partial charge is 0.362 e. The fourth-order valence-corrected chi connectivity index (χ4v) is 4.40. The molecule has 0 radical (unpaired) electrons. The van der Waals surface area contributed by atoms with Crippen molar-refractivity contribution in [1.82, 2.24) is 19.5 Å². The lowest BCUT2D eigenvalue weighted by Gasteiger charge is -2.18. The van der Waals surface area contributed by atoms with E-state index in [2.05, 4.69) is 20.3 Å². The van der Waals surface area contributed by atoms with Crippen LogP contribution in [0.1, 0.15) is 11.8 Å². The first-order chi connectivity index (χ1) is 14.5. The zero-order valence-electron chi connectivity index (χ0n) is 15.7. The highest BCUT2D eigenvalue weighted by molar-refractivity contribution is 7.86. The van der Waals surface area contributed by atoms with E-state index in [0.717, 1.165) is 5.56 Å². The van der Waals surface area contributed by atoms with E-state index < -0.39 is 22.4 Å². The van der Waals surface area contributed by atoms with Crippen LogP contribution in [0.3, 0.4) is 0 Å². The third kappa shape index (κ3) is 3.23. The number of rotatable bonds is 7. The molecule has 2 saturated heterocycles. The van der Waals surface area contributed by atoms with Crippen LogP contribution in [0.2, 0.25) is 0 Å². The summed E-state index contributed by atoms with van der Waals surface area (Å²) < 4.78 is 43.4. The van der Waals surface area contributed by atoms with Gasteiger partial charge in [0, 0.05) is 0 Å². The van der Waals surface area contributed by atoms with E-state index in [-0.39, 0.29) is 29.5 Å². The number of ether oxygens (including phenoxy) is 2. The predicted octanol–water partition coefficient (Wildman–Crippen LogP) is 0.773. The van der Waals surface area contributed by atoms with Crippen molar-refractivity contribution >= 4 is 33.5 Å². The molecule has 1 amide bonds. The number of fused-ring (bicyclic) bond motifs is 2. The van der Waals surface area contributed by atoms with E-state index >= 15 is 0 Å². The van der Waals surface area contributed by atoms with E-state index in [1.807, 2.05) is 6.92 Å². The molecule has 11 nitrogen and oxygen atoms in total. The Balaban J connectivity index is 1.31. The fraction of sp³-hybridized carbons (Fsp3) is 0.333. The number of carbonyl (C=O) groups excluding carboxylic acids is 1. The zero-order chi connectivity index (χ0) is 20.9. The van der Waals surface area contributed by atoms with Gasteiger partial charge in [-0.15, -0.1) is 0 Å². The lowest BCUT2D eigenvalue weighted by Crippen LogP contribution is -2.25. The molecule has 1 aromatic carbocycles. The van der Waals surface area contributed by atoms with Crippen molar-refractivity contribution in [3.05, 3.63) is 42.5 Å². The summed E-state index contributed by atoms with van der Waals surface area (Å²) in [6.07, 6.45) is 1.67. The second kappa shape index (κ2) is 7.09. The van der Waals surface area contributed by atoms with Gasteiger partial charge in [-0.3, -0.25) is 13.5 Å².